The zero-order valence-electron chi connectivity index (χ0n) is 16.6. The third-order valence-electron chi connectivity index (χ3n) is 4.65. The predicted octanol–water partition coefficient (Wildman–Crippen LogP) is 3.11. The van der Waals surface area contributed by atoms with E-state index < -0.39 is 11.7 Å². The highest BCUT2D eigenvalue weighted by molar-refractivity contribution is 6.30. The van der Waals surface area contributed by atoms with Crippen molar-refractivity contribution in [3.8, 4) is 0 Å². The number of nitrogens with zero attached hydrogens (tertiary/aromatic N) is 2. The molecule has 0 saturated heterocycles. The summed E-state index contributed by atoms with van der Waals surface area (Å²) < 4.78 is 13.8. The smallest absolute Gasteiger partial charge is 0.241 e. The van der Waals surface area contributed by atoms with Crippen molar-refractivity contribution in [1.29, 1.82) is 0 Å². The molecule has 0 bridgehead atoms. The molecular weight excluding hydrogens is 411 g/mol. The Kier molecular flexibility index (Phi) is 6.69. The minimum Gasteiger partial charge on any atom is -0.324 e. The molecule has 0 aromatic heterocycles. The van der Waals surface area contributed by atoms with Crippen LogP contribution in [0, 0.1) is 5.82 Å². The Bertz CT molecular complexity index is 984. The molecule has 3 rings (SSSR count). The van der Waals surface area contributed by atoms with E-state index in [-0.39, 0.29) is 43.1 Å². The van der Waals surface area contributed by atoms with Gasteiger partial charge in [0.2, 0.25) is 17.7 Å². The van der Waals surface area contributed by atoms with E-state index >= 15 is 0 Å². The van der Waals surface area contributed by atoms with E-state index in [4.69, 9.17) is 11.6 Å². The maximum absolute atomic E-state index is 13.8. The number of hydrogen-bond donors (Lipinski definition) is 2. The van der Waals surface area contributed by atoms with Crippen LogP contribution in [0.1, 0.15) is 13.3 Å². The highest BCUT2D eigenvalue weighted by Crippen LogP contribution is 2.31. The molecule has 2 N–H and O–H groups in total. The summed E-state index contributed by atoms with van der Waals surface area (Å²) in [4.78, 5) is 40.4. The molecule has 0 radical (unpaired) electrons. The van der Waals surface area contributed by atoms with E-state index in [0.717, 1.165) is 0 Å². The van der Waals surface area contributed by atoms with E-state index in [1.165, 1.54) is 23.1 Å². The minimum absolute atomic E-state index is 0.0214. The van der Waals surface area contributed by atoms with E-state index in [1.54, 1.807) is 43.1 Å². The first kappa shape index (κ1) is 21.7. The van der Waals surface area contributed by atoms with Gasteiger partial charge in [-0.1, -0.05) is 23.7 Å². The molecular formula is C21H22ClFN4O3. The van der Waals surface area contributed by atoms with Gasteiger partial charge in [-0.05, 0) is 44.3 Å². The fourth-order valence-corrected chi connectivity index (χ4v) is 3.53. The topological polar surface area (TPSA) is 81.8 Å². The molecule has 0 aliphatic carbocycles. The fraction of sp³-hybridized carbons (Fsp3) is 0.286. The van der Waals surface area contributed by atoms with Crippen LogP contribution in [0.25, 0.3) is 0 Å². The first-order valence-electron chi connectivity index (χ1n) is 9.39. The number of halogens is 2. The van der Waals surface area contributed by atoms with Gasteiger partial charge in [0, 0.05) is 17.5 Å². The lowest BCUT2D eigenvalue weighted by molar-refractivity contribution is -0.121. The fourth-order valence-electron chi connectivity index (χ4n) is 3.36. The predicted molar refractivity (Wildman–Crippen MR) is 114 cm³/mol. The second-order valence-electron chi connectivity index (χ2n) is 7.23. The highest BCUT2D eigenvalue weighted by Gasteiger charge is 2.30. The Morgan fingerprint density at radius 2 is 2.00 bits per heavy atom. The molecule has 2 aromatic carbocycles. The summed E-state index contributed by atoms with van der Waals surface area (Å²) >= 11 is 5.83. The summed E-state index contributed by atoms with van der Waals surface area (Å²) in [6.45, 7) is 1.62. The lowest BCUT2D eigenvalue weighted by Crippen LogP contribution is -2.45. The second-order valence-corrected chi connectivity index (χ2v) is 7.66. The molecule has 0 saturated carbocycles. The van der Waals surface area contributed by atoms with Crippen molar-refractivity contribution >= 4 is 46.4 Å². The summed E-state index contributed by atoms with van der Waals surface area (Å²) in [5.74, 6) is -1.50. The number of carbonyl (C=O) groups is 3. The van der Waals surface area contributed by atoms with Crippen molar-refractivity contribution in [2.24, 2.45) is 0 Å². The number of para-hydroxylation sites is 2. The van der Waals surface area contributed by atoms with Crippen molar-refractivity contribution in [3.63, 3.8) is 0 Å². The largest absolute Gasteiger partial charge is 0.324 e. The van der Waals surface area contributed by atoms with Crippen molar-refractivity contribution in [2.45, 2.75) is 19.4 Å². The van der Waals surface area contributed by atoms with E-state index in [2.05, 4.69) is 10.6 Å². The monoisotopic (exact) mass is 432 g/mol. The van der Waals surface area contributed by atoms with Crippen molar-refractivity contribution < 1.29 is 18.8 Å². The molecule has 9 heteroatoms. The molecule has 0 unspecified atom stereocenters. The standard InChI is InChI=1S/C21H22ClFN4O3/c1-13-9-19(28)24-16-5-3-4-6-18(16)27(13)21(30)12-26(2)11-20(29)25-17-10-14(22)7-8-15(17)23/h3-8,10,13H,9,11-12H2,1-2H3,(H,24,28)(H,25,29)/t13-/m0/s1. The van der Waals surface area contributed by atoms with Gasteiger partial charge in [-0.3, -0.25) is 19.3 Å². The summed E-state index contributed by atoms with van der Waals surface area (Å²) in [7, 11) is 1.61. The summed E-state index contributed by atoms with van der Waals surface area (Å²) in [5.41, 5.74) is 1.16. The van der Waals surface area contributed by atoms with Gasteiger partial charge in [0.1, 0.15) is 5.82 Å². The number of benzene rings is 2. The minimum atomic E-state index is -0.598. The van der Waals surface area contributed by atoms with Gasteiger partial charge in [0.05, 0.1) is 30.2 Å². The molecule has 30 heavy (non-hydrogen) atoms. The average Bonchev–Trinajstić information content (AvgIpc) is 2.78. The van der Waals surface area contributed by atoms with Crippen molar-refractivity contribution in [1.82, 2.24) is 4.90 Å². The van der Waals surface area contributed by atoms with Gasteiger partial charge in [0.15, 0.2) is 0 Å². The van der Waals surface area contributed by atoms with Crippen LogP contribution in [0.3, 0.4) is 0 Å². The first-order chi connectivity index (χ1) is 14.2. The zero-order valence-corrected chi connectivity index (χ0v) is 17.4. The molecule has 7 nitrogen and oxygen atoms in total. The Hall–Kier alpha value is -2.97. The number of likely N-dealkylation sites (N-methyl/N-ethyl adjacent to an activating group) is 1. The molecule has 158 valence electrons. The van der Waals surface area contributed by atoms with Crippen LogP contribution in [0.4, 0.5) is 21.5 Å². The molecule has 1 aliphatic rings. The number of nitrogens with one attached hydrogen (secondary N) is 2. The third-order valence-corrected chi connectivity index (χ3v) is 4.88. The molecule has 1 aliphatic heterocycles. The quantitative estimate of drug-likeness (QED) is 0.760. The van der Waals surface area contributed by atoms with E-state index in [1.807, 2.05) is 0 Å². The summed E-state index contributed by atoms with van der Waals surface area (Å²) in [6, 6.07) is 10.6. The van der Waals surface area contributed by atoms with E-state index in [9.17, 15) is 18.8 Å². The van der Waals surface area contributed by atoms with Crippen LogP contribution in [0.5, 0.6) is 0 Å². The van der Waals surface area contributed by atoms with Crippen LogP contribution in [-0.4, -0.2) is 48.8 Å². The number of fused-ring (bicyclic) bond motifs is 1. The van der Waals surface area contributed by atoms with Crippen LogP contribution in [-0.2, 0) is 14.4 Å². The molecule has 3 amide bonds. The second kappa shape index (κ2) is 9.23. The average molecular weight is 433 g/mol. The zero-order chi connectivity index (χ0) is 21.8. The molecule has 0 fully saturated rings. The van der Waals surface area contributed by atoms with Crippen molar-refractivity contribution in [2.75, 3.05) is 35.7 Å². The SMILES string of the molecule is C[C@H]1CC(=O)Nc2ccccc2N1C(=O)CN(C)CC(=O)Nc1cc(Cl)ccc1F. The Labute approximate surface area is 178 Å². The third kappa shape index (κ3) is 5.14. The maximum atomic E-state index is 13.8. The Morgan fingerprint density at radius 1 is 1.27 bits per heavy atom. The summed E-state index contributed by atoms with van der Waals surface area (Å²) in [6.07, 6.45) is 0.165. The van der Waals surface area contributed by atoms with Gasteiger partial charge in [-0.25, -0.2) is 4.39 Å². The number of amides is 3. The lowest BCUT2D eigenvalue weighted by atomic mass is 10.1. The number of hydrogen-bond acceptors (Lipinski definition) is 4. The van der Waals surface area contributed by atoms with Crippen LogP contribution in [0.2, 0.25) is 5.02 Å². The highest BCUT2D eigenvalue weighted by atomic mass is 35.5. The van der Waals surface area contributed by atoms with Gasteiger partial charge >= 0.3 is 0 Å². The molecule has 1 atom stereocenters. The maximum Gasteiger partial charge on any atom is 0.241 e. The van der Waals surface area contributed by atoms with Crippen LogP contribution < -0.4 is 15.5 Å². The normalized spacial score (nSPS) is 16.0. The molecule has 2 aromatic rings. The Morgan fingerprint density at radius 3 is 2.77 bits per heavy atom. The molecule has 0 spiro atoms. The first-order valence-corrected chi connectivity index (χ1v) is 9.77. The lowest BCUT2D eigenvalue weighted by Gasteiger charge is -2.29. The molecule has 1 heterocycles. The van der Waals surface area contributed by atoms with Gasteiger partial charge in [0.25, 0.3) is 0 Å². The number of anilines is 3. The van der Waals surface area contributed by atoms with Gasteiger partial charge < -0.3 is 15.5 Å². The van der Waals surface area contributed by atoms with Crippen LogP contribution in [0.15, 0.2) is 42.5 Å². The van der Waals surface area contributed by atoms with Gasteiger partial charge in [-0.2, -0.15) is 0 Å². The van der Waals surface area contributed by atoms with Crippen molar-refractivity contribution in [3.05, 3.63) is 53.3 Å². The van der Waals surface area contributed by atoms with Crippen LogP contribution >= 0.6 is 11.6 Å². The van der Waals surface area contributed by atoms with E-state index in [0.29, 0.717) is 16.4 Å². The Balaban J connectivity index is 1.67. The summed E-state index contributed by atoms with van der Waals surface area (Å²) in [5, 5.41) is 5.56. The number of rotatable bonds is 5. The van der Waals surface area contributed by atoms with Gasteiger partial charge in [-0.15, -0.1) is 0 Å². The number of carbonyl (C=O) groups excluding carboxylic acids is 3.